The highest BCUT2D eigenvalue weighted by atomic mass is 35.5. The summed E-state index contributed by atoms with van der Waals surface area (Å²) < 4.78 is 0. The van der Waals surface area contributed by atoms with Crippen molar-refractivity contribution in [2.75, 3.05) is 0 Å². The molecule has 0 saturated carbocycles. The first-order valence-electron chi connectivity index (χ1n) is 5.72. The van der Waals surface area contributed by atoms with Crippen molar-refractivity contribution in [1.29, 1.82) is 0 Å². The minimum absolute atomic E-state index is 0.0821. The van der Waals surface area contributed by atoms with Gasteiger partial charge in [0.25, 0.3) is 0 Å². The largest absolute Gasteiger partial charge is 0.294 e. The summed E-state index contributed by atoms with van der Waals surface area (Å²) in [5, 5.41) is 0.880. The second-order valence-corrected chi connectivity index (χ2v) is 4.74. The van der Waals surface area contributed by atoms with E-state index in [0.29, 0.717) is 15.6 Å². The monoisotopic (exact) mass is 291 g/mol. The molecule has 2 rings (SSSR count). The highest BCUT2D eigenvalue weighted by molar-refractivity contribution is 6.37. The summed E-state index contributed by atoms with van der Waals surface area (Å²) in [4.78, 5) is 16.2. The number of rotatable bonds is 4. The van der Waals surface area contributed by atoms with Crippen LogP contribution in [-0.4, -0.2) is 12.0 Å². The lowest BCUT2D eigenvalue weighted by Crippen LogP contribution is -2.00. The van der Waals surface area contributed by atoms with Gasteiger partial charge in [0.1, 0.15) is 0 Å². The smallest absolute Gasteiger partial charge is 0.169 e. The van der Waals surface area contributed by atoms with Crippen molar-refractivity contribution in [3.05, 3.63) is 64.1 Å². The number of carbonyl (C=O) groups is 1. The predicted molar refractivity (Wildman–Crippen MR) is 80.0 cm³/mol. The molecule has 4 heteroatoms. The van der Waals surface area contributed by atoms with E-state index < -0.39 is 0 Å². The molecule has 0 aliphatic heterocycles. The van der Waals surface area contributed by atoms with Gasteiger partial charge in [0.05, 0.1) is 10.7 Å². The molecule has 0 heterocycles. The number of hydrogen-bond donors (Lipinski definition) is 0. The van der Waals surface area contributed by atoms with Crippen LogP contribution in [0.15, 0.2) is 53.5 Å². The van der Waals surface area contributed by atoms with E-state index in [1.54, 1.807) is 24.4 Å². The Morgan fingerprint density at radius 2 is 1.84 bits per heavy atom. The van der Waals surface area contributed by atoms with Crippen LogP contribution in [0.5, 0.6) is 0 Å². The van der Waals surface area contributed by atoms with Crippen molar-refractivity contribution < 1.29 is 4.79 Å². The zero-order valence-electron chi connectivity index (χ0n) is 10.0. The van der Waals surface area contributed by atoms with Crippen molar-refractivity contribution in [2.45, 2.75) is 6.42 Å². The molecule has 0 aliphatic rings. The topological polar surface area (TPSA) is 29.4 Å². The summed E-state index contributed by atoms with van der Waals surface area (Å²) >= 11 is 11.8. The number of para-hydroxylation sites is 1. The van der Waals surface area contributed by atoms with E-state index in [4.69, 9.17) is 23.2 Å². The molecule has 2 nitrogen and oxygen atoms in total. The van der Waals surface area contributed by atoms with Gasteiger partial charge in [-0.3, -0.25) is 9.79 Å². The van der Waals surface area contributed by atoms with Crippen LogP contribution >= 0.6 is 23.2 Å². The Kier molecular flexibility index (Phi) is 4.72. The zero-order chi connectivity index (χ0) is 13.7. The molecule has 0 spiro atoms. The van der Waals surface area contributed by atoms with Crippen LogP contribution in [0.3, 0.4) is 0 Å². The van der Waals surface area contributed by atoms with Gasteiger partial charge in [-0.25, -0.2) is 0 Å². The fraction of sp³-hybridized carbons (Fsp3) is 0.0667. The van der Waals surface area contributed by atoms with Gasteiger partial charge in [0.15, 0.2) is 5.78 Å². The van der Waals surface area contributed by atoms with Gasteiger partial charge in [-0.1, -0.05) is 41.4 Å². The lowest BCUT2D eigenvalue weighted by molar-refractivity contribution is 0.100. The fourth-order valence-corrected chi connectivity index (χ4v) is 2.09. The average molecular weight is 292 g/mol. The van der Waals surface area contributed by atoms with Crippen molar-refractivity contribution in [3.63, 3.8) is 0 Å². The van der Waals surface area contributed by atoms with Gasteiger partial charge in [0.2, 0.25) is 0 Å². The molecule has 96 valence electrons. The SMILES string of the molecule is O=C(CC=Nc1ccccc1)c1ccc(Cl)cc1Cl. The maximum Gasteiger partial charge on any atom is 0.169 e. The summed E-state index contributed by atoms with van der Waals surface area (Å²) in [6, 6.07) is 14.3. The Hall–Kier alpha value is -1.64. The molecular formula is C15H11Cl2NO. The highest BCUT2D eigenvalue weighted by Crippen LogP contribution is 2.22. The third-order valence-corrected chi connectivity index (χ3v) is 3.05. The summed E-state index contributed by atoms with van der Waals surface area (Å²) in [6.45, 7) is 0. The molecular weight excluding hydrogens is 281 g/mol. The van der Waals surface area contributed by atoms with Gasteiger partial charge < -0.3 is 0 Å². The van der Waals surface area contributed by atoms with E-state index in [9.17, 15) is 4.79 Å². The first-order chi connectivity index (χ1) is 9.16. The maximum atomic E-state index is 11.9. The maximum absolute atomic E-state index is 11.9. The Labute approximate surface area is 121 Å². The summed E-state index contributed by atoms with van der Waals surface area (Å²) in [7, 11) is 0. The minimum atomic E-state index is -0.0821. The van der Waals surface area contributed by atoms with E-state index >= 15 is 0 Å². The molecule has 0 atom stereocenters. The molecule has 0 amide bonds. The standard InChI is InChI=1S/C15H11Cl2NO/c16-11-6-7-13(14(17)10-11)15(19)8-9-18-12-4-2-1-3-5-12/h1-7,9-10H,8H2. The number of Topliss-reactive ketones (excluding diaryl/α,β-unsaturated/α-hetero) is 1. The number of ketones is 1. The first-order valence-corrected chi connectivity index (χ1v) is 6.48. The van der Waals surface area contributed by atoms with E-state index in [2.05, 4.69) is 4.99 Å². The third-order valence-electron chi connectivity index (χ3n) is 2.50. The zero-order valence-corrected chi connectivity index (χ0v) is 11.5. The predicted octanol–water partition coefficient (Wildman–Crippen LogP) is 4.97. The lowest BCUT2D eigenvalue weighted by Gasteiger charge is -2.01. The van der Waals surface area contributed by atoms with Crippen LogP contribution in [0.1, 0.15) is 16.8 Å². The van der Waals surface area contributed by atoms with E-state index in [1.807, 2.05) is 30.3 Å². The summed E-state index contributed by atoms with van der Waals surface area (Å²) in [6.07, 6.45) is 1.79. The minimum Gasteiger partial charge on any atom is -0.294 e. The molecule has 0 saturated heterocycles. The van der Waals surface area contributed by atoms with Crippen LogP contribution in [0.25, 0.3) is 0 Å². The fourth-order valence-electron chi connectivity index (χ4n) is 1.57. The van der Waals surface area contributed by atoms with Crippen LogP contribution in [-0.2, 0) is 0 Å². The molecule has 0 aliphatic carbocycles. The average Bonchev–Trinajstić information content (AvgIpc) is 2.39. The lowest BCUT2D eigenvalue weighted by atomic mass is 10.1. The van der Waals surface area contributed by atoms with Gasteiger partial charge in [-0.2, -0.15) is 0 Å². The molecule has 0 N–H and O–H groups in total. The normalized spacial score (nSPS) is 10.8. The Bertz CT molecular complexity index is 609. The molecule has 0 bridgehead atoms. The second-order valence-electron chi connectivity index (χ2n) is 3.90. The number of hydrogen-bond acceptors (Lipinski definition) is 2. The summed E-state index contributed by atoms with van der Waals surface area (Å²) in [5.74, 6) is -0.0821. The third kappa shape index (κ3) is 3.91. The van der Waals surface area contributed by atoms with Crippen molar-refractivity contribution >= 4 is 40.9 Å². The Balaban J connectivity index is 2.04. The molecule has 19 heavy (non-hydrogen) atoms. The van der Waals surface area contributed by atoms with E-state index in [1.165, 1.54) is 0 Å². The summed E-state index contributed by atoms with van der Waals surface area (Å²) in [5.41, 5.74) is 1.28. The molecule has 0 aromatic heterocycles. The molecule has 0 fully saturated rings. The molecule has 2 aromatic carbocycles. The molecule has 0 radical (unpaired) electrons. The highest BCUT2D eigenvalue weighted by Gasteiger charge is 2.09. The Morgan fingerprint density at radius 1 is 1.11 bits per heavy atom. The van der Waals surface area contributed by atoms with Crippen LogP contribution in [0, 0.1) is 0 Å². The second kappa shape index (κ2) is 6.50. The van der Waals surface area contributed by atoms with Gasteiger partial charge >= 0.3 is 0 Å². The van der Waals surface area contributed by atoms with Crippen molar-refractivity contribution in [1.82, 2.24) is 0 Å². The number of halogens is 2. The van der Waals surface area contributed by atoms with Crippen LogP contribution in [0.4, 0.5) is 5.69 Å². The number of carbonyl (C=O) groups excluding carboxylic acids is 1. The van der Waals surface area contributed by atoms with Crippen LogP contribution in [0.2, 0.25) is 10.0 Å². The van der Waals surface area contributed by atoms with Crippen molar-refractivity contribution in [3.8, 4) is 0 Å². The quantitative estimate of drug-likeness (QED) is 0.578. The van der Waals surface area contributed by atoms with Gasteiger partial charge in [-0.05, 0) is 30.3 Å². The van der Waals surface area contributed by atoms with Gasteiger partial charge in [0, 0.05) is 23.2 Å². The van der Waals surface area contributed by atoms with E-state index in [0.717, 1.165) is 5.69 Å². The molecule has 0 unspecified atom stereocenters. The number of benzene rings is 2. The Morgan fingerprint density at radius 3 is 2.53 bits per heavy atom. The number of nitrogens with zero attached hydrogens (tertiary/aromatic N) is 1. The number of aliphatic imine (C=N–C) groups is 1. The molecule has 2 aromatic rings. The van der Waals surface area contributed by atoms with Crippen molar-refractivity contribution in [2.24, 2.45) is 4.99 Å². The van der Waals surface area contributed by atoms with Crippen LogP contribution < -0.4 is 0 Å². The van der Waals surface area contributed by atoms with Gasteiger partial charge in [-0.15, -0.1) is 0 Å². The van der Waals surface area contributed by atoms with E-state index in [-0.39, 0.29) is 12.2 Å². The first kappa shape index (κ1) is 13.8.